The molecule has 2 heterocycles. The van der Waals surface area contributed by atoms with E-state index in [1.807, 2.05) is 11.7 Å². The van der Waals surface area contributed by atoms with Crippen LogP contribution in [0, 0.1) is 0 Å². The van der Waals surface area contributed by atoms with Crippen LogP contribution in [-0.4, -0.2) is 34.6 Å². The first-order valence-electron chi connectivity index (χ1n) is 7.33. The lowest BCUT2D eigenvalue weighted by Crippen LogP contribution is -2.32. The van der Waals surface area contributed by atoms with Crippen molar-refractivity contribution in [2.24, 2.45) is 7.05 Å². The zero-order valence-corrected chi connectivity index (χ0v) is 12.5. The molecule has 1 fully saturated rings. The van der Waals surface area contributed by atoms with E-state index in [4.69, 9.17) is 4.74 Å². The fourth-order valence-electron chi connectivity index (χ4n) is 3.04. The minimum Gasteiger partial charge on any atom is -0.374 e. The summed E-state index contributed by atoms with van der Waals surface area (Å²) in [4.78, 5) is 0. The van der Waals surface area contributed by atoms with Gasteiger partial charge in [0.2, 0.25) is 0 Å². The monoisotopic (exact) mass is 273 g/mol. The lowest BCUT2D eigenvalue weighted by atomic mass is 10.0. The molecule has 1 aliphatic heterocycles. The third kappa shape index (κ3) is 2.72. The van der Waals surface area contributed by atoms with Crippen molar-refractivity contribution in [1.29, 1.82) is 0 Å². The van der Waals surface area contributed by atoms with E-state index in [0.717, 1.165) is 26.0 Å². The summed E-state index contributed by atoms with van der Waals surface area (Å²) < 4.78 is 7.71. The average Bonchev–Trinajstić information content (AvgIpc) is 2.92. The zero-order chi connectivity index (χ0) is 14.2. The summed E-state index contributed by atoms with van der Waals surface area (Å²) >= 11 is 0. The SMILES string of the molecule is Cn1nc(CCNC2COC(C)(C)C2)c2ccccc21. The second kappa shape index (κ2) is 5.19. The predicted octanol–water partition coefficient (Wildman–Crippen LogP) is 2.27. The standard InChI is InChI=1S/C16H23N3O/c1-16(2)10-12(11-20-16)17-9-8-14-13-6-4-5-7-15(13)19(3)18-14/h4-7,12,17H,8-11H2,1-3H3. The highest BCUT2D eigenvalue weighted by Crippen LogP contribution is 2.24. The van der Waals surface area contributed by atoms with Crippen molar-refractivity contribution in [2.45, 2.75) is 38.3 Å². The Bertz CT molecular complexity index is 603. The van der Waals surface area contributed by atoms with Crippen LogP contribution >= 0.6 is 0 Å². The molecule has 1 unspecified atom stereocenters. The van der Waals surface area contributed by atoms with Crippen LogP contribution < -0.4 is 5.32 Å². The van der Waals surface area contributed by atoms with Gasteiger partial charge in [0, 0.05) is 31.4 Å². The second-order valence-electron chi connectivity index (χ2n) is 6.26. The van der Waals surface area contributed by atoms with E-state index in [9.17, 15) is 0 Å². The lowest BCUT2D eigenvalue weighted by molar-refractivity contribution is 0.0357. The van der Waals surface area contributed by atoms with E-state index >= 15 is 0 Å². The van der Waals surface area contributed by atoms with E-state index < -0.39 is 0 Å². The Labute approximate surface area is 120 Å². The number of fused-ring (bicyclic) bond motifs is 1. The normalized spacial score (nSPS) is 21.6. The summed E-state index contributed by atoms with van der Waals surface area (Å²) in [5, 5.41) is 9.48. The van der Waals surface area contributed by atoms with Gasteiger partial charge in [-0.3, -0.25) is 4.68 Å². The van der Waals surface area contributed by atoms with Crippen LogP contribution in [0.1, 0.15) is 26.0 Å². The molecule has 20 heavy (non-hydrogen) atoms. The van der Waals surface area contributed by atoms with Gasteiger partial charge in [0.1, 0.15) is 0 Å². The fourth-order valence-corrected chi connectivity index (χ4v) is 3.04. The summed E-state index contributed by atoms with van der Waals surface area (Å²) in [5.74, 6) is 0. The van der Waals surface area contributed by atoms with E-state index in [1.165, 1.54) is 16.6 Å². The van der Waals surface area contributed by atoms with Crippen LogP contribution in [0.5, 0.6) is 0 Å². The highest BCUT2D eigenvalue weighted by atomic mass is 16.5. The largest absolute Gasteiger partial charge is 0.374 e. The molecule has 0 spiro atoms. The van der Waals surface area contributed by atoms with Crippen LogP contribution in [0.15, 0.2) is 24.3 Å². The number of nitrogens with zero attached hydrogens (tertiary/aromatic N) is 2. The van der Waals surface area contributed by atoms with Gasteiger partial charge in [-0.15, -0.1) is 0 Å². The number of rotatable bonds is 4. The molecule has 1 saturated heterocycles. The molecule has 0 radical (unpaired) electrons. The second-order valence-corrected chi connectivity index (χ2v) is 6.26. The molecule has 0 amide bonds. The molecule has 1 aromatic carbocycles. The fraction of sp³-hybridized carbons (Fsp3) is 0.562. The number of aryl methyl sites for hydroxylation is 1. The average molecular weight is 273 g/mol. The van der Waals surface area contributed by atoms with Gasteiger partial charge in [0.25, 0.3) is 0 Å². The molecule has 3 rings (SSSR count). The number of aromatic nitrogens is 2. The van der Waals surface area contributed by atoms with Crippen LogP contribution in [0.3, 0.4) is 0 Å². The summed E-state index contributed by atoms with van der Waals surface area (Å²) in [6.45, 7) is 6.07. The van der Waals surface area contributed by atoms with Crippen LogP contribution in [0.25, 0.3) is 10.9 Å². The molecule has 1 aliphatic rings. The number of para-hydroxylation sites is 1. The van der Waals surface area contributed by atoms with E-state index in [0.29, 0.717) is 6.04 Å². The molecule has 0 aliphatic carbocycles. The topological polar surface area (TPSA) is 39.1 Å². The van der Waals surface area contributed by atoms with Crippen LogP contribution in [0.4, 0.5) is 0 Å². The molecule has 0 saturated carbocycles. The van der Waals surface area contributed by atoms with Crippen molar-refractivity contribution in [1.82, 2.24) is 15.1 Å². The smallest absolute Gasteiger partial charge is 0.0715 e. The molecule has 1 atom stereocenters. The summed E-state index contributed by atoms with van der Waals surface area (Å²) in [5.41, 5.74) is 2.40. The Hall–Kier alpha value is -1.39. The Morgan fingerprint density at radius 3 is 2.95 bits per heavy atom. The van der Waals surface area contributed by atoms with Crippen molar-refractivity contribution in [2.75, 3.05) is 13.2 Å². The number of hydrogen-bond acceptors (Lipinski definition) is 3. The minimum absolute atomic E-state index is 0.0232. The van der Waals surface area contributed by atoms with Gasteiger partial charge in [-0.25, -0.2) is 0 Å². The van der Waals surface area contributed by atoms with Gasteiger partial charge >= 0.3 is 0 Å². The minimum atomic E-state index is 0.0232. The van der Waals surface area contributed by atoms with Crippen molar-refractivity contribution in [3.63, 3.8) is 0 Å². The highest BCUT2D eigenvalue weighted by Gasteiger charge is 2.31. The number of ether oxygens (including phenoxy) is 1. The highest BCUT2D eigenvalue weighted by molar-refractivity contribution is 5.81. The predicted molar refractivity (Wildman–Crippen MR) is 80.9 cm³/mol. The third-order valence-electron chi connectivity index (χ3n) is 4.04. The van der Waals surface area contributed by atoms with Gasteiger partial charge in [-0.1, -0.05) is 18.2 Å². The van der Waals surface area contributed by atoms with Crippen molar-refractivity contribution >= 4 is 10.9 Å². The maximum atomic E-state index is 5.75. The molecule has 1 aromatic heterocycles. The van der Waals surface area contributed by atoms with Crippen molar-refractivity contribution < 1.29 is 4.74 Å². The van der Waals surface area contributed by atoms with Crippen molar-refractivity contribution in [3.8, 4) is 0 Å². The van der Waals surface area contributed by atoms with Gasteiger partial charge in [-0.05, 0) is 26.3 Å². The Kier molecular flexibility index (Phi) is 3.52. The first kappa shape index (κ1) is 13.6. The Morgan fingerprint density at radius 1 is 1.40 bits per heavy atom. The molecule has 4 nitrogen and oxygen atoms in total. The maximum Gasteiger partial charge on any atom is 0.0715 e. The number of nitrogens with one attached hydrogen (secondary N) is 1. The molecule has 108 valence electrons. The molecule has 0 bridgehead atoms. The summed E-state index contributed by atoms with van der Waals surface area (Å²) in [7, 11) is 2.01. The van der Waals surface area contributed by atoms with Crippen molar-refractivity contribution in [3.05, 3.63) is 30.0 Å². The zero-order valence-electron chi connectivity index (χ0n) is 12.5. The number of hydrogen-bond donors (Lipinski definition) is 1. The summed E-state index contributed by atoms with van der Waals surface area (Å²) in [6.07, 6.45) is 2.04. The lowest BCUT2D eigenvalue weighted by Gasteiger charge is -2.16. The molecule has 4 heteroatoms. The molecular weight excluding hydrogens is 250 g/mol. The van der Waals surface area contributed by atoms with Crippen LogP contribution in [-0.2, 0) is 18.2 Å². The summed E-state index contributed by atoms with van der Waals surface area (Å²) in [6, 6.07) is 8.88. The van der Waals surface area contributed by atoms with Crippen LogP contribution in [0.2, 0.25) is 0 Å². The Morgan fingerprint density at radius 2 is 2.20 bits per heavy atom. The van der Waals surface area contributed by atoms with Gasteiger partial charge in [0.15, 0.2) is 0 Å². The maximum absolute atomic E-state index is 5.75. The molecule has 1 N–H and O–H groups in total. The van der Waals surface area contributed by atoms with E-state index in [2.05, 4.69) is 48.5 Å². The van der Waals surface area contributed by atoms with E-state index in [-0.39, 0.29) is 5.60 Å². The van der Waals surface area contributed by atoms with Gasteiger partial charge in [-0.2, -0.15) is 5.10 Å². The Balaban J connectivity index is 1.61. The molecular formula is C16H23N3O. The first-order chi connectivity index (χ1) is 9.55. The van der Waals surface area contributed by atoms with Gasteiger partial charge < -0.3 is 10.1 Å². The number of benzene rings is 1. The molecule has 2 aromatic rings. The first-order valence-corrected chi connectivity index (χ1v) is 7.33. The van der Waals surface area contributed by atoms with E-state index in [1.54, 1.807) is 0 Å². The van der Waals surface area contributed by atoms with Gasteiger partial charge in [0.05, 0.1) is 23.4 Å². The third-order valence-corrected chi connectivity index (χ3v) is 4.04. The quantitative estimate of drug-likeness (QED) is 0.929.